The number of phenolic OH excluding ortho intramolecular Hbond substituents is 1. The van der Waals surface area contributed by atoms with Crippen LogP contribution in [0.15, 0.2) is 49.1 Å². The Morgan fingerprint density at radius 1 is 0.966 bits per heavy atom. The Kier molecular flexibility index (Phi) is 19.9. The number of aryl methyl sites for hydroxylation is 1. The van der Waals surface area contributed by atoms with Gasteiger partial charge < -0.3 is 14.6 Å². The first-order valence-corrected chi connectivity index (χ1v) is 10.0. The van der Waals surface area contributed by atoms with Crippen LogP contribution in [0.3, 0.4) is 0 Å². The van der Waals surface area contributed by atoms with Crippen molar-refractivity contribution in [3.63, 3.8) is 0 Å². The molecule has 5 nitrogen and oxygen atoms in total. The summed E-state index contributed by atoms with van der Waals surface area (Å²) >= 11 is 0. The summed E-state index contributed by atoms with van der Waals surface area (Å²) in [7, 11) is 2.64. The molecule has 0 aliphatic rings. The topological polar surface area (TPSA) is 72.8 Å². The van der Waals surface area contributed by atoms with Crippen LogP contribution in [0.4, 0.5) is 0 Å². The number of phenols is 1. The number of carbonyl (C=O) groups excluding carboxylic acids is 2. The highest BCUT2D eigenvalue weighted by Crippen LogP contribution is 2.13. The van der Waals surface area contributed by atoms with Gasteiger partial charge >= 0.3 is 11.9 Å². The van der Waals surface area contributed by atoms with Crippen LogP contribution in [0.1, 0.15) is 64.4 Å². The number of benzene rings is 1. The van der Waals surface area contributed by atoms with Crippen molar-refractivity contribution >= 4 is 11.9 Å². The minimum absolute atomic E-state index is 0.347. The average Bonchev–Trinajstić information content (AvgIpc) is 2.74. The summed E-state index contributed by atoms with van der Waals surface area (Å²) in [5, 5.41) is 9.15. The largest absolute Gasteiger partial charge is 0.508 e. The molecule has 0 aliphatic carbocycles. The summed E-state index contributed by atoms with van der Waals surface area (Å²) in [6, 6.07) is 7.59. The van der Waals surface area contributed by atoms with Crippen LogP contribution < -0.4 is 0 Å². The Morgan fingerprint density at radius 2 is 1.48 bits per heavy atom. The summed E-state index contributed by atoms with van der Waals surface area (Å²) in [4.78, 5) is 20.0. The van der Waals surface area contributed by atoms with Gasteiger partial charge in [-0.15, -0.1) is 0 Å². The monoisotopic (exact) mass is 406 g/mol. The minimum Gasteiger partial charge on any atom is -0.508 e. The highest BCUT2D eigenvalue weighted by molar-refractivity contribution is 5.86. The second kappa shape index (κ2) is 20.2. The molecule has 164 valence electrons. The Morgan fingerprint density at radius 3 is 1.83 bits per heavy atom. The number of hydrogen-bond acceptors (Lipinski definition) is 5. The van der Waals surface area contributed by atoms with Crippen LogP contribution in [0.5, 0.6) is 5.75 Å². The maximum Gasteiger partial charge on any atom is 0.332 e. The molecule has 0 aliphatic heterocycles. The van der Waals surface area contributed by atoms with E-state index in [1.54, 1.807) is 19.1 Å². The molecule has 0 bridgehead atoms. The second-order valence-electron chi connectivity index (χ2n) is 6.54. The fourth-order valence-corrected chi connectivity index (χ4v) is 2.21. The molecule has 1 aromatic rings. The summed E-state index contributed by atoms with van der Waals surface area (Å²) in [6.45, 7) is 10.4. The highest BCUT2D eigenvalue weighted by Gasteiger charge is 1.96. The first-order valence-electron chi connectivity index (χ1n) is 10.0. The maximum absolute atomic E-state index is 10.2. The van der Waals surface area contributed by atoms with E-state index in [0.717, 1.165) is 12.5 Å². The van der Waals surface area contributed by atoms with Crippen LogP contribution in [-0.2, 0) is 25.5 Å². The molecule has 0 saturated carbocycles. The molecule has 0 amide bonds. The summed E-state index contributed by atoms with van der Waals surface area (Å²) in [5.74, 6) is -0.377. The average molecular weight is 407 g/mol. The third-order valence-electron chi connectivity index (χ3n) is 3.91. The molecule has 0 spiro atoms. The van der Waals surface area contributed by atoms with E-state index in [-0.39, 0.29) is 5.97 Å². The molecule has 1 aromatic carbocycles. The Balaban J connectivity index is 0. The highest BCUT2D eigenvalue weighted by atomic mass is 16.5. The molecule has 1 rings (SSSR count). The number of methoxy groups -OCH3 is 2. The van der Waals surface area contributed by atoms with E-state index in [1.807, 2.05) is 12.1 Å². The third kappa shape index (κ3) is 20.0. The van der Waals surface area contributed by atoms with Crippen LogP contribution in [0, 0.1) is 0 Å². The standard InChI is InChI=1S/C15H24O.C5H8O2.C4H6O2/c1-2-3-4-5-6-7-8-9-14-10-12-15(16)13-11-14;1-4(2)5(6)7-3;1-3-4(5)6-2/h10-13,16H,2-9H2,1H3;1H2,2-3H3;3H,1H2,2H3. The number of carbonyl (C=O) groups is 2. The van der Waals surface area contributed by atoms with E-state index in [4.69, 9.17) is 5.11 Å². The first-order chi connectivity index (χ1) is 13.8. The van der Waals surface area contributed by atoms with Gasteiger partial charge in [0, 0.05) is 11.6 Å². The lowest BCUT2D eigenvalue weighted by molar-refractivity contribution is -0.136. The Labute approximate surface area is 176 Å². The van der Waals surface area contributed by atoms with E-state index < -0.39 is 5.97 Å². The van der Waals surface area contributed by atoms with Gasteiger partial charge in [-0.25, -0.2) is 9.59 Å². The number of esters is 2. The van der Waals surface area contributed by atoms with Crippen molar-refractivity contribution in [3.05, 3.63) is 54.6 Å². The van der Waals surface area contributed by atoms with Gasteiger partial charge in [0.05, 0.1) is 14.2 Å². The van der Waals surface area contributed by atoms with E-state index in [0.29, 0.717) is 11.3 Å². The smallest absolute Gasteiger partial charge is 0.332 e. The third-order valence-corrected chi connectivity index (χ3v) is 3.91. The van der Waals surface area contributed by atoms with Crippen LogP contribution in [0.25, 0.3) is 0 Å². The summed E-state index contributed by atoms with van der Waals surface area (Å²) < 4.78 is 8.42. The van der Waals surface area contributed by atoms with Crippen molar-refractivity contribution in [3.8, 4) is 5.75 Å². The van der Waals surface area contributed by atoms with Gasteiger partial charge in [0.15, 0.2) is 0 Å². The normalized spacial score (nSPS) is 9.10. The number of aromatic hydroxyl groups is 1. The van der Waals surface area contributed by atoms with Gasteiger partial charge in [0.1, 0.15) is 5.75 Å². The van der Waals surface area contributed by atoms with Crippen molar-refractivity contribution in [1.29, 1.82) is 0 Å². The van der Waals surface area contributed by atoms with Gasteiger partial charge in [-0.05, 0) is 37.5 Å². The number of ether oxygens (including phenoxy) is 2. The predicted octanol–water partition coefficient (Wildman–Crippen LogP) is 5.77. The van der Waals surface area contributed by atoms with E-state index in [1.165, 1.54) is 64.7 Å². The van der Waals surface area contributed by atoms with Crippen LogP contribution in [-0.4, -0.2) is 31.3 Å². The molecular weight excluding hydrogens is 368 g/mol. The Bertz CT molecular complexity index is 575. The minimum atomic E-state index is -0.394. The number of hydrogen-bond donors (Lipinski definition) is 1. The predicted molar refractivity (Wildman–Crippen MR) is 119 cm³/mol. The molecular formula is C24H38O5. The zero-order valence-corrected chi connectivity index (χ0v) is 18.5. The second-order valence-corrected chi connectivity index (χ2v) is 6.54. The van der Waals surface area contributed by atoms with Crippen molar-refractivity contribution in [2.75, 3.05) is 14.2 Å². The molecule has 0 atom stereocenters. The molecule has 0 saturated heterocycles. The summed E-state index contributed by atoms with van der Waals surface area (Å²) in [6.07, 6.45) is 11.7. The SMILES string of the molecule is C=C(C)C(=O)OC.C=CC(=O)OC.CCCCCCCCCc1ccc(O)cc1. The van der Waals surface area contributed by atoms with Crippen molar-refractivity contribution < 1.29 is 24.2 Å². The lowest BCUT2D eigenvalue weighted by Gasteiger charge is -2.02. The zero-order valence-electron chi connectivity index (χ0n) is 18.5. The molecule has 0 unspecified atom stereocenters. The molecule has 0 radical (unpaired) electrons. The molecule has 5 heteroatoms. The van der Waals surface area contributed by atoms with Gasteiger partial charge in [0.25, 0.3) is 0 Å². The van der Waals surface area contributed by atoms with Crippen LogP contribution in [0.2, 0.25) is 0 Å². The van der Waals surface area contributed by atoms with Crippen molar-refractivity contribution in [2.24, 2.45) is 0 Å². The first kappa shape index (κ1) is 28.6. The molecule has 1 N–H and O–H groups in total. The summed E-state index contributed by atoms with van der Waals surface area (Å²) in [5.41, 5.74) is 1.77. The number of unbranched alkanes of at least 4 members (excludes halogenated alkanes) is 6. The quantitative estimate of drug-likeness (QED) is 0.303. The molecule has 0 aromatic heterocycles. The fourth-order valence-electron chi connectivity index (χ4n) is 2.21. The molecule has 0 heterocycles. The van der Waals surface area contributed by atoms with E-state index >= 15 is 0 Å². The Hall–Kier alpha value is -2.56. The van der Waals surface area contributed by atoms with Gasteiger partial charge in [-0.3, -0.25) is 0 Å². The van der Waals surface area contributed by atoms with E-state index in [2.05, 4.69) is 29.6 Å². The molecule has 0 fully saturated rings. The zero-order chi connectivity index (χ0) is 22.5. The maximum atomic E-state index is 10.2. The lowest BCUT2D eigenvalue weighted by Crippen LogP contribution is -1.98. The van der Waals surface area contributed by atoms with Gasteiger partial charge in [-0.1, -0.05) is 70.7 Å². The van der Waals surface area contributed by atoms with Crippen molar-refractivity contribution in [1.82, 2.24) is 0 Å². The van der Waals surface area contributed by atoms with Gasteiger partial charge in [0.2, 0.25) is 0 Å². The number of rotatable bonds is 10. The lowest BCUT2D eigenvalue weighted by atomic mass is 10.0. The van der Waals surface area contributed by atoms with Crippen molar-refractivity contribution in [2.45, 2.75) is 65.2 Å². The van der Waals surface area contributed by atoms with E-state index in [9.17, 15) is 9.59 Å². The molecule has 29 heavy (non-hydrogen) atoms. The fraction of sp³-hybridized carbons (Fsp3) is 0.500. The van der Waals surface area contributed by atoms with Gasteiger partial charge in [-0.2, -0.15) is 0 Å². The van der Waals surface area contributed by atoms with Crippen LogP contribution >= 0.6 is 0 Å².